The first-order valence-corrected chi connectivity index (χ1v) is 6.50. The Kier molecular flexibility index (Phi) is 2.53. The van der Waals surface area contributed by atoms with Crippen molar-refractivity contribution >= 4 is 0 Å². The third-order valence-corrected chi connectivity index (χ3v) is 3.79. The molecule has 1 N–H and O–H groups in total. The van der Waals surface area contributed by atoms with Gasteiger partial charge in [0.25, 0.3) is 0 Å². The van der Waals surface area contributed by atoms with E-state index in [-0.39, 0.29) is 0 Å². The highest BCUT2D eigenvalue weighted by Crippen LogP contribution is 2.35. The van der Waals surface area contributed by atoms with Crippen molar-refractivity contribution in [3.05, 3.63) is 59.2 Å². The smallest absolute Gasteiger partial charge is 0.0840 e. The van der Waals surface area contributed by atoms with Gasteiger partial charge in [0, 0.05) is 0 Å². The number of aliphatic hydroxyl groups is 1. The lowest BCUT2D eigenvalue weighted by Crippen LogP contribution is -2.16. The zero-order valence-corrected chi connectivity index (χ0v) is 10.9. The maximum absolute atomic E-state index is 10.1. The van der Waals surface area contributed by atoms with Gasteiger partial charge in [-0.2, -0.15) is 0 Å². The van der Waals surface area contributed by atoms with Crippen molar-refractivity contribution in [2.75, 3.05) is 0 Å². The standard InChI is InChI=1S/C17H18O/c1-17(2,18)14-10-9-13-8-7-12-5-3-4-6-15(12)16(13)11-14/h3-6,9-11,18H,7-8H2,1-2H3. The fourth-order valence-electron chi connectivity index (χ4n) is 2.70. The van der Waals surface area contributed by atoms with Crippen molar-refractivity contribution in [1.29, 1.82) is 0 Å². The number of hydrogen-bond acceptors (Lipinski definition) is 1. The predicted octanol–water partition coefficient (Wildman–Crippen LogP) is 3.68. The maximum Gasteiger partial charge on any atom is 0.0840 e. The van der Waals surface area contributed by atoms with Crippen molar-refractivity contribution in [2.24, 2.45) is 0 Å². The molecule has 18 heavy (non-hydrogen) atoms. The first-order chi connectivity index (χ1) is 8.55. The van der Waals surface area contributed by atoms with Crippen LogP contribution in [0.4, 0.5) is 0 Å². The van der Waals surface area contributed by atoms with Crippen LogP contribution in [-0.2, 0) is 18.4 Å². The third-order valence-electron chi connectivity index (χ3n) is 3.79. The van der Waals surface area contributed by atoms with Gasteiger partial charge in [0.1, 0.15) is 0 Å². The zero-order valence-electron chi connectivity index (χ0n) is 10.9. The average Bonchev–Trinajstić information content (AvgIpc) is 2.37. The highest BCUT2D eigenvalue weighted by molar-refractivity contribution is 5.73. The number of hydrogen-bond donors (Lipinski definition) is 1. The van der Waals surface area contributed by atoms with Crippen LogP contribution in [0, 0.1) is 0 Å². The quantitative estimate of drug-likeness (QED) is 0.803. The second-order valence-corrected chi connectivity index (χ2v) is 5.59. The summed E-state index contributed by atoms with van der Waals surface area (Å²) in [6.07, 6.45) is 2.21. The van der Waals surface area contributed by atoms with Crippen molar-refractivity contribution in [3.63, 3.8) is 0 Å². The van der Waals surface area contributed by atoms with Crippen LogP contribution in [0.3, 0.4) is 0 Å². The van der Waals surface area contributed by atoms with E-state index in [0.29, 0.717) is 0 Å². The van der Waals surface area contributed by atoms with E-state index < -0.39 is 5.60 Å². The second kappa shape index (κ2) is 3.96. The van der Waals surface area contributed by atoms with Crippen molar-refractivity contribution in [2.45, 2.75) is 32.3 Å². The summed E-state index contributed by atoms with van der Waals surface area (Å²) in [6, 6.07) is 14.9. The van der Waals surface area contributed by atoms with Gasteiger partial charge in [-0.25, -0.2) is 0 Å². The Hall–Kier alpha value is -1.60. The van der Waals surface area contributed by atoms with Crippen LogP contribution in [0.15, 0.2) is 42.5 Å². The van der Waals surface area contributed by atoms with Gasteiger partial charge in [-0.05, 0) is 60.6 Å². The van der Waals surface area contributed by atoms with Crippen LogP contribution in [-0.4, -0.2) is 5.11 Å². The highest BCUT2D eigenvalue weighted by Gasteiger charge is 2.20. The van der Waals surface area contributed by atoms with Crippen molar-refractivity contribution in [3.8, 4) is 11.1 Å². The molecule has 0 saturated carbocycles. The molecule has 0 saturated heterocycles. The van der Waals surface area contributed by atoms with Gasteiger partial charge in [-0.15, -0.1) is 0 Å². The third kappa shape index (κ3) is 1.85. The first-order valence-electron chi connectivity index (χ1n) is 6.50. The van der Waals surface area contributed by atoms with Crippen molar-refractivity contribution < 1.29 is 5.11 Å². The first kappa shape index (κ1) is 11.5. The monoisotopic (exact) mass is 238 g/mol. The van der Waals surface area contributed by atoms with Gasteiger partial charge in [0.2, 0.25) is 0 Å². The Morgan fingerprint density at radius 1 is 0.889 bits per heavy atom. The van der Waals surface area contributed by atoms with E-state index in [0.717, 1.165) is 18.4 Å². The van der Waals surface area contributed by atoms with E-state index >= 15 is 0 Å². The minimum Gasteiger partial charge on any atom is -0.386 e. The van der Waals surface area contributed by atoms with E-state index in [2.05, 4.69) is 36.4 Å². The SMILES string of the molecule is CC(C)(O)c1ccc2c(c1)-c1ccccc1CC2. The molecule has 1 nitrogen and oxygen atoms in total. The summed E-state index contributed by atoms with van der Waals surface area (Å²) in [7, 11) is 0. The molecule has 0 radical (unpaired) electrons. The molecule has 2 aromatic carbocycles. The van der Waals surface area contributed by atoms with Gasteiger partial charge < -0.3 is 5.11 Å². The Morgan fingerprint density at radius 2 is 1.56 bits per heavy atom. The molecular weight excluding hydrogens is 220 g/mol. The van der Waals surface area contributed by atoms with E-state index in [4.69, 9.17) is 0 Å². The van der Waals surface area contributed by atoms with Gasteiger partial charge in [-0.3, -0.25) is 0 Å². The summed E-state index contributed by atoms with van der Waals surface area (Å²) in [5.41, 5.74) is 5.63. The second-order valence-electron chi connectivity index (χ2n) is 5.59. The highest BCUT2D eigenvalue weighted by atomic mass is 16.3. The van der Waals surface area contributed by atoms with Crippen LogP contribution in [0.25, 0.3) is 11.1 Å². The number of benzene rings is 2. The molecule has 0 atom stereocenters. The lowest BCUT2D eigenvalue weighted by molar-refractivity contribution is 0.0786. The van der Waals surface area contributed by atoms with Crippen LogP contribution < -0.4 is 0 Å². The number of rotatable bonds is 1. The van der Waals surface area contributed by atoms with Gasteiger partial charge in [0.05, 0.1) is 5.60 Å². The van der Waals surface area contributed by atoms with Gasteiger partial charge in [0.15, 0.2) is 0 Å². The molecule has 1 aliphatic carbocycles. The molecule has 2 aromatic rings. The van der Waals surface area contributed by atoms with Crippen LogP contribution >= 0.6 is 0 Å². The van der Waals surface area contributed by atoms with Crippen LogP contribution in [0.2, 0.25) is 0 Å². The normalized spacial score (nSPS) is 13.9. The largest absolute Gasteiger partial charge is 0.386 e. The lowest BCUT2D eigenvalue weighted by Gasteiger charge is -2.24. The van der Waals surface area contributed by atoms with E-state index in [1.807, 2.05) is 19.9 Å². The van der Waals surface area contributed by atoms with Gasteiger partial charge in [-0.1, -0.05) is 36.4 Å². The molecular formula is C17H18O. The molecule has 0 aromatic heterocycles. The minimum absolute atomic E-state index is 0.776. The van der Waals surface area contributed by atoms with E-state index in [9.17, 15) is 5.11 Å². The molecule has 1 aliphatic rings. The Bertz CT molecular complexity index is 591. The van der Waals surface area contributed by atoms with Crippen molar-refractivity contribution in [1.82, 2.24) is 0 Å². The summed E-state index contributed by atoms with van der Waals surface area (Å²) < 4.78 is 0. The Morgan fingerprint density at radius 3 is 2.28 bits per heavy atom. The summed E-state index contributed by atoms with van der Waals surface area (Å²) in [5.74, 6) is 0. The lowest BCUT2D eigenvalue weighted by atomic mass is 9.83. The topological polar surface area (TPSA) is 20.2 Å². The summed E-state index contributed by atoms with van der Waals surface area (Å²) in [6.45, 7) is 3.67. The fourth-order valence-corrected chi connectivity index (χ4v) is 2.70. The zero-order chi connectivity index (χ0) is 12.8. The molecule has 0 fully saturated rings. The molecule has 1 heteroatoms. The molecule has 0 unspecified atom stereocenters. The summed E-state index contributed by atoms with van der Waals surface area (Å²) >= 11 is 0. The van der Waals surface area contributed by atoms with Crippen LogP contribution in [0.1, 0.15) is 30.5 Å². The fraction of sp³-hybridized carbons (Fsp3) is 0.294. The Balaban J connectivity index is 2.19. The summed E-state index contributed by atoms with van der Waals surface area (Å²) in [4.78, 5) is 0. The maximum atomic E-state index is 10.1. The van der Waals surface area contributed by atoms with Crippen LogP contribution in [0.5, 0.6) is 0 Å². The molecule has 0 bridgehead atoms. The number of aryl methyl sites for hydroxylation is 2. The average molecular weight is 238 g/mol. The molecule has 0 spiro atoms. The molecule has 0 amide bonds. The number of fused-ring (bicyclic) bond motifs is 3. The van der Waals surface area contributed by atoms with E-state index in [1.165, 1.54) is 22.3 Å². The molecule has 92 valence electrons. The minimum atomic E-state index is -0.776. The van der Waals surface area contributed by atoms with Gasteiger partial charge >= 0.3 is 0 Å². The Labute approximate surface area is 108 Å². The molecule has 0 aliphatic heterocycles. The molecule has 3 rings (SSSR count). The summed E-state index contributed by atoms with van der Waals surface area (Å²) in [5, 5.41) is 10.1. The van der Waals surface area contributed by atoms with E-state index in [1.54, 1.807) is 0 Å². The molecule has 0 heterocycles. The predicted molar refractivity (Wildman–Crippen MR) is 74.5 cm³/mol.